The summed E-state index contributed by atoms with van der Waals surface area (Å²) in [6.45, 7) is 0. The van der Waals surface area contributed by atoms with Crippen LogP contribution in [-0.2, 0) is 23.2 Å². The number of rotatable bonds is 7. The topological polar surface area (TPSA) is 105 Å². The number of hydrogen-bond acceptors (Lipinski definition) is 5. The first-order valence-corrected chi connectivity index (χ1v) is 8.92. The third-order valence-corrected chi connectivity index (χ3v) is 4.13. The van der Waals surface area contributed by atoms with E-state index in [0.29, 0.717) is 6.42 Å². The van der Waals surface area contributed by atoms with E-state index in [1.807, 2.05) is 24.3 Å². The summed E-state index contributed by atoms with van der Waals surface area (Å²) < 4.78 is 35.2. The van der Waals surface area contributed by atoms with Gasteiger partial charge in [-0.25, -0.2) is 0 Å². The second-order valence-electron chi connectivity index (χ2n) is 5.43. The van der Waals surface area contributed by atoms with E-state index in [0.717, 1.165) is 41.4 Å². The van der Waals surface area contributed by atoms with Crippen LogP contribution in [0.25, 0.3) is 11.0 Å². The Kier molecular flexibility index (Phi) is 4.77. The molecule has 0 amide bonds. The fourth-order valence-electron chi connectivity index (χ4n) is 2.66. The molecule has 126 valence electrons. The Morgan fingerprint density at radius 3 is 2.46 bits per heavy atom. The minimum Gasteiger partial charge on any atom is -0.362 e. The van der Waals surface area contributed by atoms with Crippen LogP contribution in [0.2, 0.25) is 0 Å². The van der Waals surface area contributed by atoms with Crippen LogP contribution in [0.15, 0.2) is 42.5 Å². The SMILES string of the molecule is O=S(=O)(O)Oc1ccccc1CCCCc1cccc2n[nH]nc12. The maximum Gasteiger partial charge on any atom is 0.446 e. The van der Waals surface area contributed by atoms with Crippen molar-refractivity contribution in [2.45, 2.75) is 25.7 Å². The third-order valence-electron chi connectivity index (χ3n) is 3.74. The summed E-state index contributed by atoms with van der Waals surface area (Å²) in [4.78, 5) is 0. The molecule has 3 aromatic rings. The van der Waals surface area contributed by atoms with Gasteiger partial charge in [0.15, 0.2) is 0 Å². The van der Waals surface area contributed by atoms with Gasteiger partial charge in [0.1, 0.15) is 16.8 Å². The van der Waals surface area contributed by atoms with Gasteiger partial charge in [-0.15, -0.1) is 0 Å². The zero-order valence-corrected chi connectivity index (χ0v) is 13.7. The summed E-state index contributed by atoms with van der Waals surface area (Å²) in [6.07, 6.45) is 3.26. The van der Waals surface area contributed by atoms with Crippen LogP contribution < -0.4 is 4.18 Å². The molecule has 0 spiro atoms. The van der Waals surface area contributed by atoms with E-state index in [2.05, 4.69) is 19.6 Å². The lowest BCUT2D eigenvalue weighted by Gasteiger charge is -2.08. The molecule has 0 bridgehead atoms. The summed E-state index contributed by atoms with van der Waals surface area (Å²) in [6, 6.07) is 12.7. The molecular formula is C16H17N3O4S. The number of fused-ring (bicyclic) bond motifs is 1. The Morgan fingerprint density at radius 1 is 0.958 bits per heavy atom. The Labute approximate surface area is 139 Å². The predicted octanol–water partition coefficient (Wildman–Crippen LogP) is 2.70. The number of para-hydroxylation sites is 2. The normalized spacial score (nSPS) is 11.7. The van der Waals surface area contributed by atoms with Gasteiger partial charge < -0.3 is 4.18 Å². The van der Waals surface area contributed by atoms with Crippen LogP contribution in [0.3, 0.4) is 0 Å². The fraction of sp³-hybridized carbons (Fsp3) is 0.250. The number of unbranched alkanes of at least 4 members (excludes halogenated alkanes) is 1. The number of benzene rings is 2. The lowest BCUT2D eigenvalue weighted by Crippen LogP contribution is -2.08. The highest BCUT2D eigenvalue weighted by Crippen LogP contribution is 2.22. The predicted molar refractivity (Wildman–Crippen MR) is 89.1 cm³/mol. The van der Waals surface area contributed by atoms with Gasteiger partial charge >= 0.3 is 10.4 Å². The standard InChI is InChI=1S/C16H17N3O4S/c20-24(21,22)23-15-11-4-3-7-12(15)6-1-2-8-13-9-5-10-14-16(13)18-19-17-14/h3-5,7,9-11H,1-2,6,8H2,(H,17,18,19)(H,20,21,22). The lowest BCUT2D eigenvalue weighted by atomic mass is 10.0. The second kappa shape index (κ2) is 6.98. The number of H-pyrrole nitrogens is 1. The van der Waals surface area contributed by atoms with Crippen LogP contribution in [-0.4, -0.2) is 28.4 Å². The van der Waals surface area contributed by atoms with Crippen molar-refractivity contribution < 1.29 is 17.2 Å². The van der Waals surface area contributed by atoms with E-state index >= 15 is 0 Å². The molecule has 0 fully saturated rings. The molecule has 1 heterocycles. The van der Waals surface area contributed by atoms with Gasteiger partial charge in [0.25, 0.3) is 0 Å². The molecule has 0 aliphatic heterocycles. The van der Waals surface area contributed by atoms with Crippen molar-refractivity contribution in [1.82, 2.24) is 15.4 Å². The first kappa shape index (κ1) is 16.4. The first-order chi connectivity index (χ1) is 11.5. The largest absolute Gasteiger partial charge is 0.446 e. The number of aryl methyl sites for hydroxylation is 2. The van der Waals surface area contributed by atoms with Crippen molar-refractivity contribution in [2.24, 2.45) is 0 Å². The van der Waals surface area contributed by atoms with E-state index < -0.39 is 10.4 Å². The maximum atomic E-state index is 10.9. The summed E-state index contributed by atoms with van der Waals surface area (Å²) in [5.41, 5.74) is 3.60. The van der Waals surface area contributed by atoms with Gasteiger partial charge in [-0.1, -0.05) is 30.3 Å². The van der Waals surface area contributed by atoms with E-state index in [9.17, 15) is 8.42 Å². The van der Waals surface area contributed by atoms with Gasteiger partial charge in [0.2, 0.25) is 0 Å². The van der Waals surface area contributed by atoms with Crippen molar-refractivity contribution in [2.75, 3.05) is 0 Å². The van der Waals surface area contributed by atoms with Crippen molar-refractivity contribution in [3.63, 3.8) is 0 Å². The van der Waals surface area contributed by atoms with Gasteiger partial charge in [0.05, 0.1) is 0 Å². The van der Waals surface area contributed by atoms with Crippen LogP contribution in [0.1, 0.15) is 24.0 Å². The maximum absolute atomic E-state index is 10.9. The molecule has 0 radical (unpaired) electrons. The van der Waals surface area contributed by atoms with E-state index in [4.69, 9.17) is 4.55 Å². The highest BCUT2D eigenvalue weighted by Gasteiger charge is 2.11. The Balaban J connectivity index is 1.60. The van der Waals surface area contributed by atoms with Crippen molar-refractivity contribution >= 4 is 21.4 Å². The molecule has 0 aliphatic carbocycles. The van der Waals surface area contributed by atoms with E-state index in [1.54, 1.807) is 12.1 Å². The molecule has 24 heavy (non-hydrogen) atoms. The quantitative estimate of drug-likeness (QED) is 0.503. The van der Waals surface area contributed by atoms with Gasteiger partial charge in [-0.05, 0) is 48.9 Å². The van der Waals surface area contributed by atoms with Crippen LogP contribution in [0.4, 0.5) is 0 Å². The molecule has 1 aromatic heterocycles. The summed E-state index contributed by atoms with van der Waals surface area (Å²) >= 11 is 0. The zero-order chi connectivity index (χ0) is 17.0. The highest BCUT2D eigenvalue weighted by atomic mass is 32.3. The molecule has 0 atom stereocenters. The average molecular weight is 347 g/mol. The molecule has 3 rings (SSSR count). The van der Waals surface area contributed by atoms with Crippen LogP contribution >= 0.6 is 0 Å². The first-order valence-electron chi connectivity index (χ1n) is 7.56. The summed E-state index contributed by atoms with van der Waals surface area (Å²) in [5.74, 6) is 0.165. The number of nitrogens with one attached hydrogen (secondary N) is 1. The van der Waals surface area contributed by atoms with Gasteiger partial charge in [0, 0.05) is 0 Å². The lowest BCUT2D eigenvalue weighted by molar-refractivity contribution is 0.385. The Hall–Kier alpha value is -2.45. The summed E-state index contributed by atoms with van der Waals surface area (Å²) in [5, 5.41) is 10.9. The molecule has 0 unspecified atom stereocenters. The average Bonchev–Trinajstić information content (AvgIpc) is 3.01. The Morgan fingerprint density at radius 2 is 1.67 bits per heavy atom. The van der Waals surface area contributed by atoms with Gasteiger partial charge in [-0.2, -0.15) is 23.8 Å². The minimum atomic E-state index is -4.51. The number of aromatic amines is 1. The second-order valence-corrected chi connectivity index (χ2v) is 6.46. The number of aromatic nitrogens is 3. The van der Waals surface area contributed by atoms with E-state index in [-0.39, 0.29) is 5.75 Å². The zero-order valence-electron chi connectivity index (χ0n) is 12.8. The molecule has 7 nitrogen and oxygen atoms in total. The molecule has 2 aromatic carbocycles. The molecule has 0 saturated heterocycles. The third kappa shape index (κ3) is 4.09. The molecule has 0 aliphatic rings. The number of hydrogen-bond donors (Lipinski definition) is 2. The van der Waals surface area contributed by atoms with Crippen molar-refractivity contribution in [1.29, 1.82) is 0 Å². The highest BCUT2D eigenvalue weighted by molar-refractivity contribution is 7.81. The van der Waals surface area contributed by atoms with Gasteiger partial charge in [-0.3, -0.25) is 4.55 Å². The van der Waals surface area contributed by atoms with Crippen molar-refractivity contribution in [3.05, 3.63) is 53.6 Å². The molecule has 0 saturated carbocycles. The smallest absolute Gasteiger partial charge is 0.362 e. The van der Waals surface area contributed by atoms with Crippen LogP contribution in [0, 0.1) is 0 Å². The monoisotopic (exact) mass is 347 g/mol. The fourth-order valence-corrected chi connectivity index (χ4v) is 3.05. The minimum absolute atomic E-state index is 0.165. The van der Waals surface area contributed by atoms with Crippen LogP contribution in [0.5, 0.6) is 5.75 Å². The van der Waals surface area contributed by atoms with E-state index in [1.165, 1.54) is 6.07 Å². The Bertz CT molecular complexity index is 937. The molecule has 8 heteroatoms. The molecule has 2 N–H and O–H groups in total. The summed E-state index contributed by atoms with van der Waals surface area (Å²) in [7, 11) is -4.51. The number of nitrogens with zero attached hydrogens (tertiary/aromatic N) is 2. The van der Waals surface area contributed by atoms with Crippen molar-refractivity contribution in [3.8, 4) is 5.75 Å². The molecular weight excluding hydrogens is 330 g/mol.